The summed E-state index contributed by atoms with van der Waals surface area (Å²) in [7, 11) is 3.66. The third kappa shape index (κ3) is 3.58. The molecule has 1 unspecified atom stereocenters. The SMILES string of the molecule is CC(C)C(Nc1ccnc(N(C)C)n1)C(=O)O. The van der Waals surface area contributed by atoms with Crippen molar-refractivity contribution < 1.29 is 9.90 Å². The van der Waals surface area contributed by atoms with Gasteiger partial charge >= 0.3 is 5.97 Å². The van der Waals surface area contributed by atoms with Gasteiger partial charge in [-0.25, -0.2) is 9.78 Å². The van der Waals surface area contributed by atoms with Crippen LogP contribution in [0.15, 0.2) is 12.3 Å². The normalized spacial score (nSPS) is 12.3. The highest BCUT2D eigenvalue weighted by Gasteiger charge is 2.21. The van der Waals surface area contributed by atoms with Crippen LogP contribution in [-0.2, 0) is 4.79 Å². The lowest BCUT2D eigenvalue weighted by Gasteiger charge is -2.19. The number of aromatic nitrogens is 2. The zero-order valence-electron chi connectivity index (χ0n) is 10.5. The maximum absolute atomic E-state index is 11.0. The number of nitrogens with one attached hydrogen (secondary N) is 1. The van der Waals surface area contributed by atoms with Crippen LogP contribution in [0.2, 0.25) is 0 Å². The number of carboxylic acids is 1. The summed E-state index contributed by atoms with van der Waals surface area (Å²) in [4.78, 5) is 21.1. The van der Waals surface area contributed by atoms with Gasteiger partial charge in [0.1, 0.15) is 11.9 Å². The fourth-order valence-corrected chi connectivity index (χ4v) is 1.32. The zero-order valence-corrected chi connectivity index (χ0v) is 10.5. The lowest BCUT2D eigenvalue weighted by Crippen LogP contribution is -2.34. The number of hydrogen-bond acceptors (Lipinski definition) is 5. The first-order valence-corrected chi connectivity index (χ1v) is 5.41. The minimum atomic E-state index is -0.884. The molecule has 6 nitrogen and oxygen atoms in total. The van der Waals surface area contributed by atoms with Gasteiger partial charge in [-0.1, -0.05) is 13.8 Å². The van der Waals surface area contributed by atoms with Crippen LogP contribution in [0.4, 0.5) is 11.8 Å². The number of carboxylic acid groups (broad SMARTS) is 1. The quantitative estimate of drug-likeness (QED) is 0.798. The van der Waals surface area contributed by atoms with Gasteiger partial charge in [-0.05, 0) is 12.0 Å². The van der Waals surface area contributed by atoms with Crippen molar-refractivity contribution in [1.29, 1.82) is 0 Å². The molecule has 1 heterocycles. The van der Waals surface area contributed by atoms with Gasteiger partial charge in [-0.3, -0.25) is 0 Å². The Labute approximate surface area is 101 Å². The molecule has 1 atom stereocenters. The Morgan fingerprint density at radius 3 is 2.59 bits per heavy atom. The molecule has 0 saturated heterocycles. The maximum atomic E-state index is 11.0. The molecule has 17 heavy (non-hydrogen) atoms. The van der Waals surface area contributed by atoms with Gasteiger partial charge in [0.25, 0.3) is 0 Å². The molecule has 1 rings (SSSR count). The highest BCUT2D eigenvalue weighted by atomic mass is 16.4. The Morgan fingerprint density at radius 1 is 1.47 bits per heavy atom. The van der Waals surface area contributed by atoms with Crippen LogP contribution >= 0.6 is 0 Å². The molecule has 0 aliphatic rings. The van der Waals surface area contributed by atoms with Gasteiger partial charge in [0, 0.05) is 20.3 Å². The zero-order chi connectivity index (χ0) is 13.0. The molecule has 0 aliphatic carbocycles. The van der Waals surface area contributed by atoms with E-state index in [0.29, 0.717) is 11.8 Å². The monoisotopic (exact) mass is 238 g/mol. The Hall–Kier alpha value is -1.85. The van der Waals surface area contributed by atoms with Gasteiger partial charge in [0.05, 0.1) is 0 Å². The second kappa shape index (κ2) is 5.47. The van der Waals surface area contributed by atoms with Crippen LogP contribution in [0, 0.1) is 5.92 Å². The van der Waals surface area contributed by atoms with Gasteiger partial charge in [0.15, 0.2) is 0 Å². The standard InChI is InChI=1S/C11H18N4O2/c1-7(2)9(10(16)17)13-8-5-6-12-11(14-8)15(3)4/h5-7,9H,1-4H3,(H,16,17)(H,12,13,14). The lowest BCUT2D eigenvalue weighted by atomic mass is 10.1. The molecule has 1 aromatic heterocycles. The van der Waals surface area contributed by atoms with Crippen LogP contribution in [0.5, 0.6) is 0 Å². The van der Waals surface area contributed by atoms with Crippen LogP contribution < -0.4 is 10.2 Å². The van der Waals surface area contributed by atoms with Crippen molar-refractivity contribution in [2.45, 2.75) is 19.9 Å². The van der Waals surface area contributed by atoms with E-state index in [-0.39, 0.29) is 5.92 Å². The number of aliphatic carboxylic acids is 1. The second-order valence-corrected chi connectivity index (χ2v) is 4.34. The summed E-state index contributed by atoms with van der Waals surface area (Å²) in [5.41, 5.74) is 0. The van der Waals surface area contributed by atoms with Crippen molar-refractivity contribution in [3.63, 3.8) is 0 Å². The molecule has 0 spiro atoms. The van der Waals surface area contributed by atoms with Crippen molar-refractivity contribution in [2.24, 2.45) is 5.92 Å². The Kier molecular flexibility index (Phi) is 4.25. The largest absolute Gasteiger partial charge is 0.480 e. The van der Waals surface area contributed by atoms with Crippen LogP contribution in [0.1, 0.15) is 13.8 Å². The summed E-state index contributed by atoms with van der Waals surface area (Å²) in [5.74, 6) is 0.156. The number of carbonyl (C=O) groups is 1. The van der Waals surface area contributed by atoms with E-state index in [2.05, 4.69) is 15.3 Å². The van der Waals surface area contributed by atoms with Gasteiger partial charge in [-0.15, -0.1) is 0 Å². The van der Waals surface area contributed by atoms with E-state index in [9.17, 15) is 4.79 Å². The van der Waals surface area contributed by atoms with Crippen molar-refractivity contribution in [3.8, 4) is 0 Å². The lowest BCUT2D eigenvalue weighted by molar-refractivity contribution is -0.138. The molecule has 0 saturated carbocycles. The minimum Gasteiger partial charge on any atom is -0.480 e. The van der Waals surface area contributed by atoms with Crippen molar-refractivity contribution in [2.75, 3.05) is 24.3 Å². The van der Waals surface area contributed by atoms with Gasteiger partial charge < -0.3 is 15.3 Å². The predicted molar refractivity (Wildman–Crippen MR) is 66.2 cm³/mol. The average molecular weight is 238 g/mol. The molecule has 0 aromatic carbocycles. The van der Waals surface area contributed by atoms with E-state index in [0.717, 1.165) is 0 Å². The van der Waals surface area contributed by atoms with E-state index < -0.39 is 12.0 Å². The summed E-state index contributed by atoms with van der Waals surface area (Å²) in [6.07, 6.45) is 1.60. The Morgan fingerprint density at radius 2 is 2.12 bits per heavy atom. The summed E-state index contributed by atoms with van der Waals surface area (Å²) in [5, 5.41) is 12.0. The average Bonchev–Trinajstić information content (AvgIpc) is 2.25. The van der Waals surface area contributed by atoms with E-state index >= 15 is 0 Å². The van der Waals surface area contributed by atoms with Crippen molar-refractivity contribution >= 4 is 17.7 Å². The summed E-state index contributed by atoms with van der Waals surface area (Å²) >= 11 is 0. The molecule has 1 aromatic rings. The van der Waals surface area contributed by atoms with Crippen molar-refractivity contribution in [1.82, 2.24) is 9.97 Å². The third-order valence-corrected chi connectivity index (χ3v) is 2.28. The number of anilines is 2. The molecule has 2 N–H and O–H groups in total. The first kappa shape index (κ1) is 13.2. The highest BCUT2D eigenvalue weighted by molar-refractivity contribution is 5.77. The molecule has 0 bridgehead atoms. The molecule has 94 valence electrons. The van der Waals surface area contributed by atoms with Gasteiger partial charge in [0.2, 0.25) is 5.95 Å². The molecule has 0 fully saturated rings. The fourth-order valence-electron chi connectivity index (χ4n) is 1.32. The van der Waals surface area contributed by atoms with Crippen molar-refractivity contribution in [3.05, 3.63) is 12.3 Å². The predicted octanol–water partition coefficient (Wildman–Crippen LogP) is 1.06. The molecule has 0 amide bonds. The van der Waals surface area contributed by atoms with E-state index in [1.165, 1.54) is 0 Å². The smallest absolute Gasteiger partial charge is 0.326 e. The number of hydrogen-bond donors (Lipinski definition) is 2. The van der Waals surface area contributed by atoms with Gasteiger partial charge in [-0.2, -0.15) is 4.98 Å². The fraction of sp³-hybridized carbons (Fsp3) is 0.545. The first-order valence-electron chi connectivity index (χ1n) is 5.41. The molecular weight excluding hydrogens is 220 g/mol. The molecule has 0 radical (unpaired) electrons. The molecule has 0 aliphatic heterocycles. The Balaban J connectivity index is 2.86. The Bertz CT molecular complexity index is 393. The number of rotatable bonds is 5. The maximum Gasteiger partial charge on any atom is 0.326 e. The molecule has 6 heteroatoms. The second-order valence-electron chi connectivity index (χ2n) is 4.34. The first-order chi connectivity index (χ1) is 7.91. The van der Waals surface area contributed by atoms with Crippen LogP contribution in [0.3, 0.4) is 0 Å². The van der Waals surface area contributed by atoms with E-state index in [4.69, 9.17) is 5.11 Å². The minimum absolute atomic E-state index is 0.0229. The summed E-state index contributed by atoms with van der Waals surface area (Å²) < 4.78 is 0. The van der Waals surface area contributed by atoms with E-state index in [1.54, 1.807) is 17.2 Å². The third-order valence-electron chi connectivity index (χ3n) is 2.28. The van der Waals surface area contributed by atoms with Crippen LogP contribution in [0.25, 0.3) is 0 Å². The number of nitrogens with zero attached hydrogens (tertiary/aromatic N) is 3. The van der Waals surface area contributed by atoms with E-state index in [1.807, 2.05) is 27.9 Å². The highest BCUT2D eigenvalue weighted by Crippen LogP contribution is 2.12. The summed E-state index contributed by atoms with van der Waals surface area (Å²) in [6.45, 7) is 3.69. The van der Waals surface area contributed by atoms with Crippen LogP contribution in [-0.4, -0.2) is 41.2 Å². The summed E-state index contributed by atoms with van der Waals surface area (Å²) in [6, 6.07) is 1.01. The topological polar surface area (TPSA) is 78.4 Å². The molecular formula is C11H18N4O2.